The van der Waals surface area contributed by atoms with Crippen molar-refractivity contribution in [3.8, 4) is 0 Å². The molecule has 5 nitrogen and oxygen atoms in total. The number of anilines is 1. The number of amides is 2. The van der Waals surface area contributed by atoms with Gasteiger partial charge in [-0.1, -0.05) is 15.9 Å². The van der Waals surface area contributed by atoms with E-state index >= 15 is 0 Å². The average Bonchev–Trinajstić information content (AvgIpc) is 2.30. The molecule has 0 bridgehead atoms. The van der Waals surface area contributed by atoms with Gasteiger partial charge in [0.1, 0.15) is 0 Å². The Bertz CT molecular complexity index is 454. The number of imide groups is 1. The number of carbonyl (C=O) groups is 2. The van der Waals surface area contributed by atoms with Crippen LogP contribution in [0.2, 0.25) is 0 Å². The first kappa shape index (κ1) is 14.8. The Morgan fingerprint density at radius 3 is 2.89 bits per heavy atom. The lowest BCUT2D eigenvalue weighted by Crippen LogP contribution is -2.32. The quantitative estimate of drug-likeness (QED) is 0.653. The lowest BCUT2D eigenvalue weighted by Gasteiger charge is -2.06. The molecule has 0 fully saturated rings. The highest BCUT2D eigenvalue weighted by atomic mass is 79.9. The van der Waals surface area contributed by atoms with E-state index in [2.05, 4.69) is 26.0 Å². The molecule has 0 aliphatic rings. The Balaban J connectivity index is 2.47. The second-order valence-electron chi connectivity index (χ2n) is 3.24. The first-order chi connectivity index (χ1) is 8.52. The number of halogens is 1. The Hall–Kier alpha value is -1.21. The van der Waals surface area contributed by atoms with Crippen molar-refractivity contribution in [3.63, 3.8) is 0 Å². The van der Waals surface area contributed by atoms with Crippen LogP contribution in [-0.2, 0) is 9.53 Å². The summed E-state index contributed by atoms with van der Waals surface area (Å²) in [6.45, 7) is 1.89. The van der Waals surface area contributed by atoms with Crippen molar-refractivity contribution in [1.82, 2.24) is 5.32 Å². The van der Waals surface area contributed by atoms with Gasteiger partial charge in [0.05, 0.1) is 12.4 Å². The maximum absolute atomic E-state index is 11.4. The monoisotopic (exact) mass is 332 g/mol. The van der Waals surface area contributed by atoms with E-state index in [1.165, 1.54) is 11.8 Å². The number of nitrogens with two attached hydrogens (primary N) is 1. The van der Waals surface area contributed by atoms with Crippen LogP contribution in [0.1, 0.15) is 6.92 Å². The first-order valence-electron chi connectivity index (χ1n) is 5.17. The van der Waals surface area contributed by atoms with Gasteiger partial charge in [0.2, 0.25) is 5.91 Å². The Labute approximate surface area is 118 Å². The molecule has 0 aliphatic carbocycles. The molecule has 1 aromatic rings. The minimum absolute atomic E-state index is 0.0967. The van der Waals surface area contributed by atoms with Crippen molar-refractivity contribution in [1.29, 1.82) is 0 Å². The SMILES string of the molecule is CCOC(=O)NC(=O)CSc1cc(Br)ccc1N. The van der Waals surface area contributed by atoms with Crippen LogP contribution in [0.25, 0.3) is 0 Å². The summed E-state index contributed by atoms with van der Waals surface area (Å²) in [4.78, 5) is 23.2. The topological polar surface area (TPSA) is 81.4 Å². The van der Waals surface area contributed by atoms with E-state index < -0.39 is 12.0 Å². The van der Waals surface area contributed by atoms with Gasteiger partial charge in [-0.25, -0.2) is 4.79 Å². The van der Waals surface area contributed by atoms with Gasteiger partial charge in [0.15, 0.2) is 0 Å². The molecule has 0 atom stereocenters. The molecule has 3 N–H and O–H groups in total. The zero-order valence-electron chi connectivity index (χ0n) is 9.73. The molecule has 2 amide bonds. The predicted molar refractivity (Wildman–Crippen MR) is 74.4 cm³/mol. The summed E-state index contributed by atoms with van der Waals surface area (Å²) in [5.74, 6) is -0.322. The third-order valence-electron chi connectivity index (χ3n) is 1.85. The number of carbonyl (C=O) groups excluding carboxylic acids is 2. The summed E-state index contributed by atoms with van der Waals surface area (Å²) in [5.41, 5.74) is 6.35. The van der Waals surface area contributed by atoms with E-state index in [1.54, 1.807) is 13.0 Å². The first-order valence-corrected chi connectivity index (χ1v) is 6.95. The zero-order chi connectivity index (χ0) is 13.5. The highest BCUT2D eigenvalue weighted by Crippen LogP contribution is 2.27. The van der Waals surface area contributed by atoms with Gasteiger partial charge in [0.25, 0.3) is 0 Å². The van der Waals surface area contributed by atoms with Crippen molar-refractivity contribution in [2.45, 2.75) is 11.8 Å². The van der Waals surface area contributed by atoms with E-state index in [0.29, 0.717) is 5.69 Å². The molecule has 18 heavy (non-hydrogen) atoms. The zero-order valence-corrected chi connectivity index (χ0v) is 12.1. The minimum Gasteiger partial charge on any atom is -0.450 e. The van der Waals surface area contributed by atoms with Gasteiger partial charge in [-0.05, 0) is 25.1 Å². The molecule has 0 aromatic heterocycles. The number of hydrogen-bond acceptors (Lipinski definition) is 5. The number of nitrogen functional groups attached to an aromatic ring is 1. The van der Waals surface area contributed by atoms with Crippen LogP contribution in [0.5, 0.6) is 0 Å². The molecule has 0 saturated heterocycles. The van der Waals surface area contributed by atoms with Gasteiger partial charge >= 0.3 is 6.09 Å². The fraction of sp³-hybridized carbons (Fsp3) is 0.273. The third-order valence-corrected chi connectivity index (χ3v) is 3.42. The summed E-state index contributed by atoms with van der Waals surface area (Å²) in [5, 5.41) is 2.11. The summed E-state index contributed by atoms with van der Waals surface area (Å²) in [6, 6.07) is 5.38. The molecule has 1 rings (SSSR count). The van der Waals surface area contributed by atoms with Gasteiger partial charge in [0, 0.05) is 15.1 Å². The van der Waals surface area contributed by atoms with Crippen molar-refractivity contribution in [3.05, 3.63) is 22.7 Å². The van der Waals surface area contributed by atoms with Crippen molar-refractivity contribution < 1.29 is 14.3 Å². The largest absolute Gasteiger partial charge is 0.450 e. The number of rotatable bonds is 4. The average molecular weight is 333 g/mol. The molecule has 0 spiro atoms. The Morgan fingerprint density at radius 1 is 1.50 bits per heavy atom. The summed E-state index contributed by atoms with van der Waals surface area (Å²) in [6.07, 6.45) is -0.731. The standard InChI is InChI=1S/C11H13BrN2O3S/c1-2-17-11(16)14-10(15)6-18-9-5-7(12)3-4-8(9)13/h3-5H,2,6,13H2,1H3,(H,14,15,16). The maximum atomic E-state index is 11.4. The number of benzene rings is 1. The van der Waals surface area contributed by atoms with Gasteiger partial charge in [-0.3, -0.25) is 10.1 Å². The van der Waals surface area contributed by atoms with Crippen molar-refractivity contribution in [2.75, 3.05) is 18.1 Å². The summed E-state index contributed by atoms with van der Waals surface area (Å²) >= 11 is 4.58. The fourth-order valence-electron chi connectivity index (χ4n) is 1.09. The number of ether oxygens (including phenoxy) is 1. The summed E-state index contributed by atoms with van der Waals surface area (Å²) < 4.78 is 5.47. The number of hydrogen-bond donors (Lipinski definition) is 2. The van der Waals surface area contributed by atoms with E-state index in [-0.39, 0.29) is 12.4 Å². The van der Waals surface area contributed by atoms with Crippen LogP contribution in [0.4, 0.5) is 10.5 Å². The minimum atomic E-state index is -0.731. The molecular formula is C11H13BrN2O3S. The van der Waals surface area contributed by atoms with Crippen LogP contribution in [-0.4, -0.2) is 24.4 Å². The Morgan fingerprint density at radius 2 is 2.22 bits per heavy atom. The molecule has 98 valence electrons. The van der Waals surface area contributed by atoms with Crippen LogP contribution < -0.4 is 11.1 Å². The molecule has 0 heterocycles. The molecule has 0 aliphatic heterocycles. The molecule has 0 unspecified atom stereocenters. The smallest absolute Gasteiger partial charge is 0.413 e. The van der Waals surface area contributed by atoms with Crippen LogP contribution in [0, 0.1) is 0 Å². The third kappa shape index (κ3) is 4.97. The van der Waals surface area contributed by atoms with Crippen LogP contribution in [0.15, 0.2) is 27.6 Å². The van der Waals surface area contributed by atoms with Gasteiger partial charge in [-0.15, -0.1) is 11.8 Å². The van der Waals surface area contributed by atoms with Crippen LogP contribution >= 0.6 is 27.7 Å². The van der Waals surface area contributed by atoms with Crippen molar-refractivity contribution >= 4 is 45.4 Å². The highest BCUT2D eigenvalue weighted by Gasteiger charge is 2.09. The normalized spacial score (nSPS) is 9.89. The van der Waals surface area contributed by atoms with E-state index in [0.717, 1.165) is 9.37 Å². The molecule has 7 heteroatoms. The summed E-state index contributed by atoms with van der Waals surface area (Å²) in [7, 11) is 0. The maximum Gasteiger partial charge on any atom is 0.413 e. The van der Waals surface area contributed by atoms with Crippen LogP contribution in [0.3, 0.4) is 0 Å². The fourth-order valence-corrected chi connectivity index (χ4v) is 2.41. The molecule has 0 radical (unpaired) electrons. The number of nitrogens with one attached hydrogen (secondary N) is 1. The predicted octanol–water partition coefficient (Wildman–Crippen LogP) is 2.40. The lowest BCUT2D eigenvalue weighted by atomic mass is 10.3. The highest BCUT2D eigenvalue weighted by molar-refractivity contribution is 9.10. The van der Waals surface area contributed by atoms with Gasteiger partial charge < -0.3 is 10.5 Å². The van der Waals surface area contributed by atoms with E-state index in [9.17, 15) is 9.59 Å². The van der Waals surface area contributed by atoms with E-state index in [4.69, 9.17) is 5.73 Å². The molecular weight excluding hydrogens is 320 g/mol. The Kier molecular flexibility index (Phi) is 6.00. The second-order valence-corrected chi connectivity index (χ2v) is 5.17. The van der Waals surface area contributed by atoms with Crippen molar-refractivity contribution in [2.24, 2.45) is 0 Å². The van der Waals surface area contributed by atoms with Gasteiger partial charge in [-0.2, -0.15) is 0 Å². The second kappa shape index (κ2) is 7.27. The van der Waals surface area contributed by atoms with E-state index in [1.807, 2.05) is 12.1 Å². The molecule has 0 saturated carbocycles. The number of thioether (sulfide) groups is 1. The molecule has 1 aromatic carbocycles. The lowest BCUT2D eigenvalue weighted by molar-refractivity contribution is -0.117. The number of alkyl carbamates (subject to hydrolysis) is 1.